The van der Waals surface area contributed by atoms with E-state index in [0.717, 1.165) is 25.3 Å². The maximum atomic E-state index is 10.1. The molecule has 1 aliphatic rings. The molecule has 2 unspecified atom stereocenters. The van der Waals surface area contributed by atoms with Crippen molar-refractivity contribution in [1.29, 1.82) is 0 Å². The molecule has 16 heavy (non-hydrogen) atoms. The molecule has 1 aromatic rings. The van der Waals surface area contributed by atoms with Gasteiger partial charge in [0.25, 0.3) is 0 Å². The number of hydrogen-bond acceptors (Lipinski definition) is 3. The second-order valence-corrected chi connectivity index (χ2v) is 4.46. The quantitative estimate of drug-likeness (QED) is 0.799. The van der Waals surface area contributed by atoms with E-state index < -0.39 is 0 Å². The van der Waals surface area contributed by atoms with Gasteiger partial charge in [0.15, 0.2) is 0 Å². The Kier molecular flexibility index (Phi) is 3.96. The molecular formula is C12H21N3O. The summed E-state index contributed by atoms with van der Waals surface area (Å²) in [6.45, 7) is 4.04. The third-order valence-corrected chi connectivity index (χ3v) is 3.35. The van der Waals surface area contributed by atoms with Gasteiger partial charge in [0, 0.05) is 31.4 Å². The first-order valence-corrected chi connectivity index (χ1v) is 6.22. The zero-order valence-electron chi connectivity index (χ0n) is 9.89. The summed E-state index contributed by atoms with van der Waals surface area (Å²) in [5, 5.41) is 13.5. The zero-order chi connectivity index (χ0) is 11.4. The van der Waals surface area contributed by atoms with Gasteiger partial charge in [0.1, 0.15) is 5.82 Å². The first-order valence-electron chi connectivity index (χ1n) is 6.22. The number of aliphatic hydroxyl groups excluding tert-OH is 1. The van der Waals surface area contributed by atoms with E-state index in [4.69, 9.17) is 0 Å². The minimum atomic E-state index is -0.312. The van der Waals surface area contributed by atoms with Gasteiger partial charge in [-0.15, -0.1) is 0 Å². The molecule has 2 heterocycles. The monoisotopic (exact) mass is 223 g/mol. The lowest BCUT2D eigenvalue weighted by Crippen LogP contribution is -2.44. The van der Waals surface area contributed by atoms with E-state index >= 15 is 0 Å². The highest BCUT2D eigenvalue weighted by Crippen LogP contribution is 2.13. The highest BCUT2D eigenvalue weighted by molar-refractivity contribution is 4.96. The van der Waals surface area contributed by atoms with Crippen LogP contribution in [0.4, 0.5) is 0 Å². The lowest BCUT2D eigenvalue weighted by Gasteiger charge is -2.27. The molecule has 0 saturated carbocycles. The molecule has 4 nitrogen and oxygen atoms in total. The van der Waals surface area contributed by atoms with Crippen LogP contribution in [0, 0.1) is 0 Å². The number of nitrogens with one attached hydrogen (secondary N) is 1. The second-order valence-electron chi connectivity index (χ2n) is 4.46. The maximum absolute atomic E-state index is 10.1. The Hall–Kier alpha value is -0.870. The highest BCUT2D eigenvalue weighted by atomic mass is 16.3. The summed E-state index contributed by atoms with van der Waals surface area (Å²) in [4.78, 5) is 4.30. The van der Waals surface area contributed by atoms with Gasteiger partial charge in [0.2, 0.25) is 0 Å². The lowest BCUT2D eigenvalue weighted by molar-refractivity contribution is 0.110. The number of nitrogens with zero attached hydrogens (tertiary/aromatic N) is 2. The van der Waals surface area contributed by atoms with Crippen molar-refractivity contribution in [2.75, 3.05) is 6.54 Å². The van der Waals surface area contributed by atoms with Crippen LogP contribution in [0.2, 0.25) is 0 Å². The predicted molar refractivity (Wildman–Crippen MR) is 63.3 cm³/mol. The van der Waals surface area contributed by atoms with Gasteiger partial charge < -0.3 is 15.0 Å². The summed E-state index contributed by atoms with van der Waals surface area (Å²) in [6.07, 6.45) is 7.64. The molecule has 2 N–H and O–H groups in total. The van der Waals surface area contributed by atoms with E-state index in [9.17, 15) is 5.11 Å². The number of imidazole rings is 1. The van der Waals surface area contributed by atoms with Crippen LogP contribution in [0.25, 0.3) is 0 Å². The molecule has 0 spiro atoms. The van der Waals surface area contributed by atoms with Crippen molar-refractivity contribution in [3.05, 3.63) is 18.2 Å². The van der Waals surface area contributed by atoms with Crippen LogP contribution in [0.15, 0.2) is 12.4 Å². The third kappa shape index (κ3) is 2.62. The van der Waals surface area contributed by atoms with Crippen LogP contribution in [-0.4, -0.2) is 33.3 Å². The largest absolute Gasteiger partial charge is 0.391 e. The average molecular weight is 223 g/mol. The molecule has 1 aliphatic heterocycles. The summed E-state index contributed by atoms with van der Waals surface area (Å²) < 4.78 is 2.09. The standard InChI is InChI=1S/C12H21N3O/c1-2-15-8-7-14-12(15)9-11(16)10-5-3-4-6-13-10/h7-8,10-11,13,16H,2-6,9H2,1H3. The molecule has 1 saturated heterocycles. The summed E-state index contributed by atoms with van der Waals surface area (Å²) in [5.41, 5.74) is 0. The Morgan fingerprint density at radius 1 is 1.62 bits per heavy atom. The molecular weight excluding hydrogens is 202 g/mol. The SMILES string of the molecule is CCn1ccnc1CC(O)C1CCCCN1. The highest BCUT2D eigenvalue weighted by Gasteiger charge is 2.22. The summed E-state index contributed by atoms with van der Waals surface area (Å²) >= 11 is 0. The van der Waals surface area contributed by atoms with Gasteiger partial charge >= 0.3 is 0 Å². The van der Waals surface area contributed by atoms with Crippen molar-refractivity contribution >= 4 is 0 Å². The van der Waals surface area contributed by atoms with E-state index in [1.165, 1.54) is 12.8 Å². The molecule has 0 aromatic carbocycles. The number of aryl methyl sites for hydroxylation is 1. The first kappa shape index (κ1) is 11.6. The fourth-order valence-electron chi connectivity index (χ4n) is 2.35. The van der Waals surface area contributed by atoms with Crippen LogP contribution in [-0.2, 0) is 13.0 Å². The minimum absolute atomic E-state index is 0.246. The molecule has 0 radical (unpaired) electrons. The number of aliphatic hydroxyl groups is 1. The molecule has 0 aliphatic carbocycles. The van der Waals surface area contributed by atoms with Gasteiger partial charge in [-0.05, 0) is 26.3 Å². The van der Waals surface area contributed by atoms with Gasteiger partial charge in [0.05, 0.1) is 6.10 Å². The van der Waals surface area contributed by atoms with Crippen LogP contribution in [0.1, 0.15) is 32.0 Å². The van der Waals surface area contributed by atoms with Crippen molar-refractivity contribution in [2.45, 2.75) is 51.3 Å². The van der Waals surface area contributed by atoms with Crippen LogP contribution in [0.5, 0.6) is 0 Å². The number of hydrogen-bond donors (Lipinski definition) is 2. The van der Waals surface area contributed by atoms with Gasteiger partial charge in [-0.2, -0.15) is 0 Å². The molecule has 4 heteroatoms. The van der Waals surface area contributed by atoms with E-state index in [-0.39, 0.29) is 12.1 Å². The Morgan fingerprint density at radius 3 is 3.19 bits per heavy atom. The normalized spacial score (nSPS) is 23.2. The average Bonchev–Trinajstić information content (AvgIpc) is 2.77. The van der Waals surface area contributed by atoms with Crippen LogP contribution < -0.4 is 5.32 Å². The van der Waals surface area contributed by atoms with Crippen molar-refractivity contribution in [1.82, 2.24) is 14.9 Å². The fourth-order valence-corrected chi connectivity index (χ4v) is 2.35. The number of piperidine rings is 1. The second kappa shape index (κ2) is 5.46. The lowest BCUT2D eigenvalue weighted by atomic mass is 9.98. The van der Waals surface area contributed by atoms with Gasteiger partial charge in [-0.1, -0.05) is 6.42 Å². The van der Waals surface area contributed by atoms with E-state index in [1.807, 2.05) is 6.20 Å². The van der Waals surface area contributed by atoms with Crippen molar-refractivity contribution < 1.29 is 5.11 Å². The van der Waals surface area contributed by atoms with Gasteiger partial charge in [-0.3, -0.25) is 0 Å². The molecule has 2 rings (SSSR count). The molecule has 0 bridgehead atoms. The Balaban J connectivity index is 1.93. The summed E-state index contributed by atoms with van der Waals surface area (Å²) in [5.74, 6) is 0.988. The van der Waals surface area contributed by atoms with Crippen molar-refractivity contribution in [2.24, 2.45) is 0 Å². The Bertz CT molecular complexity index is 318. The predicted octanol–water partition coefficient (Wildman–Crippen LogP) is 0.948. The van der Waals surface area contributed by atoms with E-state index in [2.05, 4.69) is 21.8 Å². The third-order valence-electron chi connectivity index (χ3n) is 3.35. The maximum Gasteiger partial charge on any atom is 0.111 e. The summed E-state index contributed by atoms with van der Waals surface area (Å²) in [7, 11) is 0. The Morgan fingerprint density at radius 2 is 2.50 bits per heavy atom. The van der Waals surface area contributed by atoms with E-state index in [0.29, 0.717) is 6.42 Å². The topological polar surface area (TPSA) is 50.1 Å². The number of rotatable bonds is 4. The van der Waals surface area contributed by atoms with Crippen molar-refractivity contribution in [3.8, 4) is 0 Å². The molecule has 0 amide bonds. The van der Waals surface area contributed by atoms with Gasteiger partial charge in [-0.25, -0.2) is 4.98 Å². The van der Waals surface area contributed by atoms with Crippen LogP contribution in [0.3, 0.4) is 0 Å². The molecule has 1 fully saturated rings. The fraction of sp³-hybridized carbons (Fsp3) is 0.750. The molecule has 2 atom stereocenters. The summed E-state index contributed by atoms with van der Waals surface area (Å²) in [6, 6.07) is 0.246. The molecule has 90 valence electrons. The zero-order valence-corrected chi connectivity index (χ0v) is 9.89. The van der Waals surface area contributed by atoms with Crippen LogP contribution >= 0.6 is 0 Å². The molecule has 1 aromatic heterocycles. The first-order chi connectivity index (χ1) is 7.81. The number of aromatic nitrogens is 2. The Labute approximate surface area is 96.7 Å². The smallest absolute Gasteiger partial charge is 0.111 e. The minimum Gasteiger partial charge on any atom is -0.391 e. The van der Waals surface area contributed by atoms with E-state index in [1.54, 1.807) is 6.20 Å². The van der Waals surface area contributed by atoms with Crippen molar-refractivity contribution in [3.63, 3.8) is 0 Å².